The molecule has 2 rings (SSSR count). The van der Waals surface area contributed by atoms with Crippen LogP contribution in [0.3, 0.4) is 0 Å². The molecule has 0 saturated heterocycles. The molecule has 0 radical (unpaired) electrons. The molecule has 3 atom stereocenters. The van der Waals surface area contributed by atoms with E-state index in [1.165, 1.54) is 0 Å². The van der Waals surface area contributed by atoms with Crippen molar-refractivity contribution in [3.05, 3.63) is 0 Å². The van der Waals surface area contributed by atoms with Gasteiger partial charge in [0.25, 0.3) is 0 Å². The lowest BCUT2D eigenvalue weighted by atomic mass is 9.70. The molecule has 0 aromatic rings. The second-order valence-electron chi connectivity index (χ2n) is 5.31. The Balaban J connectivity index is 2.46. The lowest BCUT2D eigenvalue weighted by Gasteiger charge is -2.33. The molecule has 4 N–H and O–H groups in total. The van der Waals surface area contributed by atoms with Crippen LogP contribution in [0.5, 0.6) is 0 Å². The van der Waals surface area contributed by atoms with Crippen molar-refractivity contribution in [2.75, 3.05) is 5.33 Å². The quantitative estimate of drug-likeness (QED) is 0.345. The largest absolute Gasteiger partial charge is 0.369 e. The molecular weight excluding hydrogens is 284 g/mol. The summed E-state index contributed by atoms with van der Waals surface area (Å²) >= 11 is 3.53. The summed E-state index contributed by atoms with van der Waals surface area (Å²) in [6.07, 6.45) is 1.89. The summed E-state index contributed by atoms with van der Waals surface area (Å²) in [5.74, 6) is 0.141. The van der Waals surface area contributed by atoms with Gasteiger partial charge in [0.15, 0.2) is 5.78 Å². The fourth-order valence-corrected chi connectivity index (χ4v) is 4.15. The molecule has 2 saturated carbocycles. The Kier molecular flexibility index (Phi) is 2.80. The van der Waals surface area contributed by atoms with E-state index in [-0.39, 0.29) is 28.5 Å². The zero-order valence-corrected chi connectivity index (χ0v) is 11.6. The summed E-state index contributed by atoms with van der Waals surface area (Å²) in [6, 6.07) is 0. The third kappa shape index (κ3) is 1.46. The van der Waals surface area contributed by atoms with Crippen molar-refractivity contribution in [3.8, 4) is 0 Å². The van der Waals surface area contributed by atoms with Crippen LogP contribution >= 0.6 is 15.9 Å². The van der Waals surface area contributed by atoms with Gasteiger partial charge < -0.3 is 11.5 Å². The highest BCUT2D eigenvalue weighted by atomic mass is 79.9. The fraction of sp³-hybridized carbons (Fsp3) is 0.727. The molecule has 2 aliphatic carbocycles. The molecule has 2 bridgehead atoms. The topological polar surface area (TPSA) is 93.8 Å². The molecule has 0 aromatic heterocycles. The number of nitrogens with zero attached hydrogens (tertiary/aromatic N) is 2. The number of nitrogens with two attached hydrogens (primary N) is 2. The Hall–Kier alpha value is -0.910. The number of hydrogen-bond acceptors (Lipinski definition) is 3. The number of carbonyl (C=O) groups is 1. The van der Waals surface area contributed by atoms with E-state index in [1.807, 2.05) is 6.92 Å². The minimum atomic E-state index is -0.334. The smallest absolute Gasteiger partial charge is 0.211 e. The molecule has 0 heterocycles. The van der Waals surface area contributed by atoms with E-state index in [0.29, 0.717) is 5.71 Å². The standard InChI is InChI=1S/C11H17BrN4O/c1-10-4-3-6(11(10,2)5-12)7(8(10)17)15-16-9(13)14/h6H,3-5H2,1-2H3,(H4,13,14,16)/b15-7+/t6-,10-,11+/m0/s1. The first kappa shape index (κ1) is 12.5. The lowest BCUT2D eigenvalue weighted by molar-refractivity contribution is -0.123. The number of guanidine groups is 1. The number of hydrogen-bond donors (Lipinski definition) is 2. The van der Waals surface area contributed by atoms with Crippen LogP contribution in [0, 0.1) is 16.7 Å². The number of carbonyl (C=O) groups excluding carboxylic acids is 1. The Bertz CT molecular complexity index is 429. The van der Waals surface area contributed by atoms with E-state index in [2.05, 4.69) is 33.1 Å². The first-order chi connectivity index (χ1) is 7.87. The van der Waals surface area contributed by atoms with Gasteiger partial charge in [-0.25, -0.2) is 0 Å². The average Bonchev–Trinajstić information content (AvgIpc) is 2.62. The first-order valence-electron chi connectivity index (χ1n) is 5.64. The average molecular weight is 301 g/mol. The second-order valence-corrected chi connectivity index (χ2v) is 5.87. The van der Waals surface area contributed by atoms with Crippen LogP contribution in [-0.2, 0) is 4.79 Å². The number of rotatable bonds is 2. The number of fused-ring (bicyclic) bond motifs is 2. The maximum atomic E-state index is 12.4. The third-order valence-corrected chi connectivity index (χ3v) is 5.74. The van der Waals surface area contributed by atoms with Gasteiger partial charge in [-0.3, -0.25) is 4.79 Å². The van der Waals surface area contributed by atoms with Gasteiger partial charge in [0, 0.05) is 16.7 Å². The molecule has 0 spiro atoms. The predicted octanol–water partition coefficient (Wildman–Crippen LogP) is 1.02. The van der Waals surface area contributed by atoms with Crippen LogP contribution < -0.4 is 11.5 Å². The Labute approximate surface area is 109 Å². The predicted molar refractivity (Wildman–Crippen MR) is 71.0 cm³/mol. The molecule has 94 valence electrons. The van der Waals surface area contributed by atoms with E-state index in [0.717, 1.165) is 18.2 Å². The van der Waals surface area contributed by atoms with Crippen LogP contribution in [0.4, 0.5) is 0 Å². The normalized spacial score (nSPS) is 42.2. The summed E-state index contributed by atoms with van der Waals surface area (Å²) in [6.45, 7) is 4.16. The van der Waals surface area contributed by atoms with Gasteiger partial charge in [0.1, 0.15) is 5.71 Å². The number of Topliss-reactive ketones (excluding diaryl/α,β-unsaturated/α-hetero) is 1. The summed E-state index contributed by atoms with van der Waals surface area (Å²) in [7, 11) is 0. The summed E-state index contributed by atoms with van der Waals surface area (Å²) < 4.78 is 0. The zero-order valence-electron chi connectivity index (χ0n) is 10.0. The van der Waals surface area contributed by atoms with Crippen LogP contribution in [0.2, 0.25) is 0 Å². The van der Waals surface area contributed by atoms with Crippen LogP contribution in [0.15, 0.2) is 10.2 Å². The van der Waals surface area contributed by atoms with Crippen molar-refractivity contribution in [2.24, 2.45) is 38.4 Å². The van der Waals surface area contributed by atoms with Gasteiger partial charge in [-0.05, 0) is 18.3 Å². The molecule has 0 amide bonds. The summed E-state index contributed by atoms with van der Waals surface area (Å²) in [5, 5.41) is 8.38. The van der Waals surface area contributed by atoms with E-state index in [4.69, 9.17) is 11.5 Å². The van der Waals surface area contributed by atoms with Crippen molar-refractivity contribution in [1.82, 2.24) is 0 Å². The van der Waals surface area contributed by atoms with Gasteiger partial charge in [0.05, 0.1) is 0 Å². The van der Waals surface area contributed by atoms with Gasteiger partial charge in [-0.2, -0.15) is 0 Å². The maximum absolute atomic E-state index is 12.4. The van der Waals surface area contributed by atoms with Crippen molar-refractivity contribution in [3.63, 3.8) is 0 Å². The van der Waals surface area contributed by atoms with Crippen molar-refractivity contribution in [1.29, 1.82) is 0 Å². The molecule has 5 nitrogen and oxygen atoms in total. The van der Waals surface area contributed by atoms with E-state index in [1.54, 1.807) is 0 Å². The third-order valence-electron chi connectivity index (χ3n) is 4.58. The minimum absolute atomic E-state index is 0.0816. The van der Waals surface area contributed by atoms with Gasteiger partial charge in [-0.15, -0.1) is 10.2 Å². The highest BCUT2D eigenvalue weighted by Gasteiger charge is 2.66. The van der Waals surface area contributed by atoms with Crippen molar-refractivity contribution >= 4 is 33.4 Å². The van der Waals surface area contributed by atoms with Crippen LogP contribution in [0.1, 0.15) is 26.7 Å². The summed E-state index contributed by atoms with van der Waals surface area (Å²) in [5.41, 5.74) is 10.6. The molecular formula is C11H17BrN4O. The molecule has 0 aliphatic heterocycles. The van der Waals surface area contributed by atoms with E-state index >= 15 is 0 Å². The summed E-state index contributed by atoms with van der Waals surface area (Å²) in [4.78, 5) is 12.4. The molecule has 2 aliphatic rings. The Morgan fingerprint density at radius 1 is 1.53 bits per heavy atom. The van der Waals surface area contributed by atoms with Crippen LogP contribution in [-0.4, -0.2) is 22.8 Å². The van der Waals surface area contributed by atoms with Crippen molar-refractivity contribution in [2.45, 2.75) is 26.7 Å². The van der Waals surface area contributed by atoms with Crippen LogP contribution in [0.25, 0.3) is 0 Å². The fourth-order valence-electron chi connectivity index (χ4n) is 3.14. The van der Waals surface area contributed by atoms with E-state index in [9.17, 15) is 4.79 Å². The zero-order chi connectivity index (χ0) is 12.8. The SMILES string of the molecule is C[C@]12CC[C@@H](/C(=N\N=C(N)N)C1=O)[C@@]2(C)CBr. The van der Waals surface area contributed by atoms with E-state index < -0.39 is 0 Å². The second kappa shape index (κ2) is 3.80. The highest BCUT2D eigenvalue weighted by Crippen LogP contribution is 2.63. The molecule has 0 unspecified atom stereocenters. The number of halogens is 1. The van der Waals surface area contributed by atoms with Gasteiger partial charge >= 0.3 is 0 Å². The van der Waals surface area contributed by atoms with Gasteiger partial charge in [0.2, 0.25) is 5.96 Å². The molecule has 0 aromatic carbocycles. The van der Waals surface area contributed by atoms with Crippen molar-refractivity contribution < 1.29 is 4.79 Å². The minimum Gasteiger partial charge on any atom is -0.369 e. The monoisotopic (exact) mass is 300 g/mol. The highest BCUT2D eigenvalue weighted by molar-refractivity contribution is 9.09. The Morgan fingerprint density at radius 2 is 2.18 bits per heavy atom. The molecule has 2 fully saturated rings. The Morgan fingerprint density at radius 3 is 2.65 bits per heavy atom. The number of alkyl halides is 1. The first-order valence-corrected chi connectivity index (χ1v) is 6.76. The lowest BCUT2D eigenvalue weighted by Crippen LogP contribution is -2.36. The maximum Gasteiger partial charge on any atom is 0.211 e. The number of ketones is 1. The molecule has 6 heteroatoms. The molecule has 17 heavy (non-hydrogen) atoms. The van der Waals surface area contributed by atoms with Gasteiger partial charge in [-0.1, -0.05) is 29.8 Å².